The summed E-state index contributed by atoms with van der Waals surface area (Å²) in [6.07, 6.45) is 2.96. The molecule has 0 saturated heterocycles. The van der Waals surface area contributed by atoms with Gasteiger partial charge >= 0.3 is 0 Å². The zero-order valence-electron chi connectivity index (χ0n) is 9.98. The lowest BCUT2D eigenvalue weighted by molar-refractivity contribution is 0.103. The number of aromatic nitrogens is 1. The second-order valence-corrected chi connectivity index (χ2v) is 4.61. The number of carbonyl (C=O) groups is 1. The van der Waals surface area contributed by atoms with E-state index >= 15 is 0 Å². The number of carbonyl (C=O) groups excluding carboxylic acids is 1. The van der Waals surface area contributed by atoms with Crippen molar-refractivity contribution in [3.63, 3.8) is 0 Å². The summed E-state index contributed by atoms with van der Waals surface area (Å²) in [5.74, 6) is 0.244. The topological polar surface area (TPSA) is 65.2 Å². The van der Waals surface area contributed by atoms with Crippen molar-refractivity contribution in [1.82, 2.24) is 4.98 Å². The highest BCUT2D eigenvalue weighted by Crippen LogP contribution is 2.29. The zero-order valence-corrected chi connectivity index (χ0v) is 11.5. The number of ether oxygens (including phenoxy) is 1. The molecular formula is C13H10Cl2N2O2. The Bertz CT molecular complexity index is 621. The number of hydrogen-bond acceptors (Lipinski definition) is 4. The van der Waals surface area contributed by atoms with Crippen LogP contribution in [0.5, 0.6) is 5.75 Å². The van der Waals surface area contributed by atoms with Crippen molar-refractivity contribution in [2.45, 2.75) is 0 Å². The van der Waals surface area contributed by atoms with Gasteiger partial charge < -0.3 is 10.5 Å². The fourth-order valence-electron chi connectivity index (χ4n) is 1.54. The van der Waals surface area contributed by atoms with Crippen LogP contribution in [0.15, 0.2) is 30.6 Å². The van der Waals surface area contributed by atoms with Gasteiger partial charge in [0, 0.05) is 17.3 Å². The molecule has 0 fully saturated rings. The van der Waals surface area contributed by atoms with E-state index < -0.39 is 0 Å². The monoisotopic (exact) mass is 296 g/mol. The summed E-state index contributed by atoms with van der Waals surface area (Å²) in [5.41, 5.74) is 6.61. The van der Waals surface area contributed by atoms with Gasteiger partial charge in [0.25, 0.3) is 0 Å². The fourth-order valence-corrected chi connectivity index (χ4v) is 2.02. The van der Waals surface area contributed by atoms with Crippen LogP contribution in [0.1, 0.15) is 15.9 Å². The van der Waals surface area contributed by atoms with Crippen molar-refractivity contribution < 1.29 is 9.53 Å². The lowest BCUT2D eigenvalue weighted by Gasteiger charge is -2.06. The summed E-state index contributed by atoms with van der Waals surface area (Å²) in [6, 6.07) is 4.54. The van der Waals surface area contributed by atoms with E-state index in [4.69, 9.17) is 33.7 Å². The van der Waals surface area contributed by atoms with E-state index in [1.54, 1.807) is 6.07 Å². The van der Waals surface area contributed by atoms with E-state index in [-0.39, 0.29) is 21.5 Å². The lowest BCUT2D eigenvalue weighted by atomic mass is 10.0. The maximum absolute atomic E-state index is 12.3. The van der Waals surface area contributed by atoms with Crippen LogP contribution in [-0.4, -0.2) is 17.9 Å². The molecule has 1 aromatic carbocycles. The second kappa shape index (κ2) is 5.47. The van der Waals surface area contributed by atoms with Gasteiger partial charge in [-0.05, 0) is 18.2 Å². The molecule has 0 aliphatic carbocycles. The van der Waals surface area contributed by atoms with Crippen LogP contribution in [0.25, 0.3) is 0 Å². The number of halogens is 2. The van der Waals surface area contributed by atoms with Crippen molar-refractivity contribution in [3.8, 4) is 5.75 Å². The van der Waals surface area contributed by atoms with Crippen LogP contribution in [0.2, 0.25) is 10.0 Å². The second-order valence-electron chi connectivity index (χ2n) is 3.80. The molecule has 1 aromatic heterocycles. The Morgan fingerprint density at radius 2 is 1.79 bits per heavy atom. The standard InChI is InChI=1S/C13H10Cl2N2O2/c1-19-9-2-8(5-17-6-9)13(18)7-3-10(14)12(16)11(15)4-7/h2-6H,16H2,1H3. The molecule has 0 amide bonds. The first-order chi connectivity index (χ1) is 9.02. The minimum absolute atomic E-state index is 0.242. The lowest BCUT2D eigenvalue weighted by Crippen LogP contribution is -2.03. The molecule has 19 heavy (non-hydrogen) atoms. The molecule has 0 saturated carbocycles. The molecule has 2 N–H and O–H groups in total. The first-order valence-electron chi connectivity index (χ1n) is 5.31. The Morgan fingerprint density at radius 3 is 2.37 bits per heavy atom. The Labute approximate surface area is 120 Å². The Kier molecular flexibility index (Phi) is 3.93. The number of rotatable bonds is 3. The van der Waals surface area contributed by atoms with E-state index in [9.17, 15) is 4.79 Å². The van der Waals surface area contributed by atoms with Crippen LogP contribution in [0.4, 0.5) is 5.69 Å². The minimum Gasteiger partial charge on any atom is -0.495 e. The number of hydrogen-bond donors (Lipinski definition) is 1. The van der Waals surface area contributed by atoms with Crippen molar-refractivity contribution in [2.75, 3.05) is 12.8 Å². The highest BCUT2D eigenvalue weighted by atomic mass is 35.5. The molecule has 6 heteroatoms. The number of methoxy groups -OCH3 is 1. The average Bonchev–Trinajstić information content (AvgIpc) is 2.43. The van der Waals surface area contributed by atoms with Gasteiger partial charge in [0.2, 0.25) is 0 Å². The molecule has 0 bridgehead atoms. The van der Waals surface area contributed by atoms with Gasteiger partial charge in [-0.25, -0.2) is 0 Å². The number of anilines is 1. The molecule has 2 aromatic rings. The molecule has 0 aliphatic heterocycles. The quantitative estimate of drug-likeness (QED) is 0.698. The Morgan fingerprint density at radius 1 is 1.16 bits per heavy atom. The van der Waals surface area contributed by atoms with E-state index in [0.717, 1.165) is 0 Å². The van der Waals surface area contributed by atoms with Crippen molar-refractivity contribution in [1.29, 1.82) is 0 Å². The highest BCUT2D eigenvalue weighted by molar-refractivity contribution is 6.39. The zero-order chi connectivity index (χ0) is 14.0. The highest BCUT2D eigenvalue weighted by Gasteiger charge is 2.14. The number of ketones is 1. The van der Waals surface area contributed by atoms with Gasteiger partial charge in [0.1, 0.15) is 5.75 Å². The molecule has 4 nitrogen and oxygen atoms in total. The maximum Gasteiger partial charge on any atom is 0.194 e. The summed E-state index contributed by atoms with van der Waals surface area (Å²) < 4.78 is 5.02. The molecule has 0 unspecified atom stereocenters. The van der Waals surface area contributed by atoms with Crippen LogP contribution in [0, 0.1) is 0 Å². The summed E-state index contributed by atoms with van der Waals surface area (Å²) >= 11 is 11.8. The third kappa shape index (κ3) is 2.80. The summed E-state index contributed by atoms with van der Waals surface area (Å²) in [6.45, 7) is 0. The Hall–Kier alpha value is -1.78. The van der Waals surface area contributed by atoms with Gasteiger partial charge in [-0.15, -0.1) is 0 Å². The number of nitrogens with zero attached hydrogens (tertiary/aromatic N) is 1. The van der Waals surface area contributed by atoms with Gasteiger partial charge in [-0.2, -0.15) is 0 Å². The Balaban J connectivity index is 2.44. The molecule has 0 spiro atoms. The fraction of sp³-hybridized carbons (Fsp3) is 0.0769. The van der Waals surface area contributed by atoms with Gasteiger partial charge in [0.05, 0.1) is 29.0 Å². The minimum atomic E-state index is -0.254. The van der Waals surface area contributed by atoms with E-state index in [0.29, 0.717) is 16.9 Å². The third-order valence-corrected chi connectivity index (χ3v) is 3.18. The van der Waals surface area contributed by atoms with Crippen molar-refractivity contribution in [2.24, 2.45) is 0 Å². The van der Waals surface area contributed by atoms with Gasteiger partial charge in [0.15, 0.2) is 5.78 Å². The van der Waals surface area contributed by atoms with Crippen LogP contribution >= 0.6 is 23.2 Å². The van der Waals surface area contributed by atoms with E-state index in [1.165, 1.54) is 31.6 Å². The average molecular weight is 297 g/mol. The summed E-state index contributed by atoms with van der Waals surface area (Å²) in [4.78, 5) is 16.2. The molecule has 0 aliphatic rings. The van der Waals surface area contributed by atoms with E-state index in [1.807, 2.05) is 0 Å². The van der Waals surface area contributed by atoms with Gasteiger partial charge in [-0.1, -0.05) is 23.2 Å². The SMILES string of the molecule is COc1cncc(C(=O)c2cc(Cl)c(N)c(Cl)c2)c1. The number of nitrogens with two attached hydrogens (primary N) is 1. The normalized spacial score (nSPS) is 10.3. The summed E-state index contributed by atoms with van der Waals surface area (Å²) in [5, 5.41) is 0.485. The molecule has 98 valence electrons. The third-order valence-electron chi connectivity index (χ3n) is 2.55. The largest absolute Gasteiger partial charge is 0.495 e. The molecular weight excluding hydrogens is 287 g/mol. The van der Waals surface area contributed by atoms with Gasteiger partial charge in [-0.3, -0.25) is 9.78 Å². The first-order valence-corrected chi connectivity index (χ1v) is 6.06. The van der Waals surface area contributed by atoms with E-state index in [2.05, 4.69) is 4.98 Å². The number of benzene rings is 1. The molecule has 0 atom stereocenters. The van der Waals surface area contributed by atoms with Crippen LogP contribution in [-0.2, 0) is 0 Å². The predicted molar refractivity (Wildman–Crippen MR) is 75.1 cm³/mol. The predicted octanol–water partition coefficient (Wildman–Crippen LogP) is 3.21. The first kappa shape index (κ1) is 13.6. The number of pyridine rings is 1. The van der Waals surface area contributed by atoms with Crippen LogP contribution in [0.3, 0.4) is 0 Å². The van der Waals surface area contributed by atoms with Crippen LogP contribution < -0.4 is 10.5 Å². The molecule has 1 heterocycles. The summed E-state index contributed by atoms with van der Waals surface area (Å²) in [7, 11) is 1.50. The maximum atomic E-state index is 12.3. The molecule has 0 radical (unpaired) electrons. The number of nitrogen functional groups attached to an aromatic ring is 1. The van der Waals surface area contributed by atoms with Crippen molar-refractivity contribution >= 4 is 34.7 Å². The molecule has 2 rings (SSSR count). The smallest absolute Gasteiger partial charge is 0.194 e. The van der Waals surface area contributed by atoms with Crippen molar-refractivity contribution in [3.05, 3.63) is 51.8 Å².